The fourth-order valence-electron chi connectivity index (χ4n) is 10.9. The van der Waals surface area contributed by atoms with Gasteiger partial charge in [-0.3, -0.25) is 0 Å². The van der Waals surface area contributed by atoms with Crippen LogP contribution in [0.25, 0.3) is 88.0 Å². The fourth-order valence-corrected chi connectivity index (χ4v) is 10.9. The molecule has 1 aliphatic carbocycles. The van der Waals surface area contributed by atoms with Gasteiger partial charge in [0.15, 0.2) is 0 Å². The molecule has 2 heteroatoms. The Labute approximate surface area is 381 Å². The summed E-state index contributed by atoms with van der Waals surface area (Å²) < 4.78 is 6.63. The van der Waals surface area contributed by atoms with E-state index in [1.807, 2.05) is 6.07 Å². The zero-order valence-electron chi connectivity index (χ0n) is 37.5. The normalized spacial score (nSPS) is 13.1. The Morgan fingerprint density at radius 3 is 1.89 bits per heavy atom. The lowest BCUT2D eigenvalue weighted by atomic mass is 9.80. The summed E-state index contributed by atoms with van der Waals surface area (Å²) in [5.41, 5.74) is 18.5. The van der Waals surface area contributed by atoms with Crippen LogP contribution in [0.15, 0.2) is 211 Å². The van der Waals surface area contributed by atoms with Crippen LogP contribution in [0.5, 0.6) is 0 Å². The van der Waals surface area contributed by atoms with Crippen molar-refractivity contribution < 1.29 is 4.42 Å². The molecule has 0 aliphatic heterocycles. The molecule has 0 bridgehead atoms. The molecule has 0 saturated heterocycles. The van der Waals surface area contributed by atoms with Gasteiger partial charge in [-0.15, -0.1) is 0 Å². The van der Waals surface area contributed by atoms with Gasteiger partial charge in [0, 0.05) is 44.0 Å². The second-order valence-electron chi connectivity index (χ2n) is 19.3. The van der Waals surface area contributed by atoms with E-state index in [4.69, 9.17) is 4.42 Å². The van der Waals surface area contributed by atoms with E-state index >= 15 is 0 Å². The topological polar surface area (TPSA) is 16.4 Å². The summed E-state index contributed by atoms with van der Waals surface area (Å²) >= 11 is 0. The Kier molecular flexibility index (Phi) is 8.80. The molecule has 0 N–H and O–H groups in total. The van der Waals surface area contributed by atoms with E-state index in [-0.39, 0.29) is 10.8 Å². The van der Waals surface area contributed by atoms with E-state index in [9.17, 15) is 0 Å². The van der Waals surface area contributed by atoms with Gasteiger partial charge in [-0.2, -0.15) is 0 Å². The quantitative estimate of drug-likeness (QED) is 0.166. The molecule has 0 radical (unpaired) electrons. The number of para-hydroxylation sites is 2. The lowest BCUT2D eigenvalue weighted by Gasteiger charge is -2.34. The average Bonchev–Trinajstić information content (AvgIpc) is 3.83. The smallest absolute Gasteiger partial charge is 0.143 e. The van der Waals surface area contributed by atoms with Crippen molar-refractivity contribution in [3.63, 3.8) is 0 Å². The first kappa shape index (κ1) is 39.0. The van der Waals surface area contributed by atoms with Gasteiger partial charge in [0.25, 0.3) is 0 Å². The first-order valence-electron chi connectivity index (χ1n) is 22.8. The largest absolute Gasteiger partial charge is 0.455 e. The number of hydrogen-bond acceptors (Lipinski definition) is 2. The van der Waals surface area contributed by atoms with Crippen LogP contribution in [0, 0.1) is 0 Å². The first-order valence-corrected chi connectivity index (χ1v) is 22.8. The summed E-state index contributed by atoms with van der Waals surface area (Å²) in [5, 5.41) is 7.11. The highest BCUT2D eigenvalue weighted by Gasteiger charge is 2.36. The minimum absolute atomic E-state index is 0.105. The number of fused-ring (bicyclic) bond motifs is 8. The van der Waals surface area contributed by atoms with Crippen LogP contribution in [0.4, 0.5) is 17.1 Å². The average molecular weight is 836 g/mol. The van der Waals surface area contributed by atoms with Crippen LogP contribution in [0.1, 0.15) is 51.3 Å². The Morgan fingerprint density at radius 2 is 1.06 bits per heavy atom. The molecule has 10 aromatic carbocycles. The predicted molar refractivity (Wildman–Crippen MR) is 276 cm³/mol. The van der Waals surface area contributed by atoms with Crippen molar-refractivity contribution in [1.29, 1.82) is 0 Å². The lowest BCUT2D eigenvalue weighted by Crippen LogP contribution is -2.17. The van der Waals surface area contributed by atoms with E-state index in [1.54, 1.807) is 0 Å². The number of rotatable bonds is 6. The Morgan fingerprint density at radius 1 is 0.431 bits per heavy atom. The van der Waals surface area contributed by atoms with Crippen molar-refractivity contribution in [3.05, 3.63) is 223 Å². The molecule has 0 atom stereocenters. The maximum absolute atomic E-state index is 6.63. The van der Waals surface area contributed by atoms with Crippen molar-refractivity contribution in [2.45, 2.75) is 45.4 Å². The number of anilines is 3. The van der Waals surface area contributed by atoms with Gasteiger partial charge in [-0.05, 0) is 102 Å². The van der Waals surface area contributed by atoms with E-state index in [0.29, 0.717) is 0 Å². The molecule has 0 amide bonds. The van der Waals surface area contributed by atoms with Crippen LogP contribution in [0.3, 0.4) is 0 Å². The lowest BCUT2D eigenvalue weighted by molar-refractivity contribution is 0.596. The summed E-state index contributed by atoms with van der Waals surface area (Å²) in [4.78, 5) is 2.58. The second-order valence-corrected chi connectivity index (χ2v) is 19.3. The van der Waals surface area contributed by atoms with Crippen molar-refractivity contribution in [2.24, 2.45) is 0 Å². The molecule has 0 spiro atoms. The van der Waals surface area contributed by atoms with Crippen molar-refractivity contribution in [2.75, 3.05) is 4.90 Å². The summed E-state index contributed by atoms with van der Waals surface area (Å²) in [7, 11) is 0. The van der Waals surface area contributed by atoms with Gasteiger partial charge in [0.1, 0.15) is 11.2 Å². The van der Waals surface area contributed by atoms with Gasteiger partial charge in [-0.1, -0.05) is 204 Å². The van der Waals surface area contributed by atoms with Gasteiger partial charge >= 0.3 is 0 Å². The van der Waals surface area contributed by atoms with Gasteiger partial charge < -0.3 is 9.32 Å². The van der Waals surface area contributed by atoms with Crippen LogP contribution >= 0.6 is 0 Å². The van der Waals surface area contributed by atoms with Crippen molar-refractivity contribution in [1.82, 2.24) is 0 Å². The molecular formula is C63H49NO. The van der Waals surface area contributed by atoms with E-state index in [0.717, 1.165) is 55.7 Å². The molecule has 65 heavy (non-hydrogen) atoms. The molecule has 12 rings (SSSR count). The van der Waals surface area contributed by atoms with Gasteiger partial charge in [-0.25, -0.2) is 0 Å². The number of hydrogen-bond donors (Lipinski definition) is 0. The predicted octanol–water partition coefficient (Wildman–Crippen LogP) is 18.0. The molecule has 1 aromatic heterocycles. The van der Waals surface area contributed by atoms with E-state index in [2.05, 4.69) is 240 Å². The monoisotopic (exact) mass is 835 g/mol. The SMILES string of the molecule is CC(C)(C)c1cc(-c2ccccc2)c(N(c2ccc3c(c2)-c2ccccc2C3(C)C)c2ccc3ccccc3c2-c2cccc(-c3cccc4c3oc3ccccc34)c2)c2ccccc12. The minimum Gasteiger partial charge on any atom is -0.455 e. The molecular weight excluding hydrogens is 787 g/mol. The maximum atomic E-state index is 6.63. The zero-order chi connectivity index (χ0) is 44.0. The molecule has 312 valence electrons. The van der Waals surface area contributed by atoms with Crippen molar-refractivity contribution in [3.8, 4) is 44.5 Å². The molecule has 1 heterocycles. The highest BCUT2D eigenvalue weighted by atomic mass is 16.3. The zero-order valence-corrected chi connectivity index (χ0v) is 37.5. The van der Waals surface area contributed by atoms with E-state index in [1.165, 1.54) is 66.1 Å². The van der Waals surface area contributed by atoms with Crippen LogP contribution in [-0.4, -0.2) is 0 Å². The summed E-state index contributed by atoms with van der Waals surface area (Å²) in [6.45, 7) is 11.7. The summed E-state index contributed by atoms with van der Waals surface area (Å²) in [6.07, 6.45) is 0. The molecule has 0 fully saturated rings. The van der Waals surface area contributed by atoms with Crippen LogP contribution < -0.4 is 4.90 Å². The first-order chi connectivity index (χ1) is 31.6. The summed E-state index contributed by atoms with van der Waals surface area (Å²) in [6, 6.07) is 76.1. The highest BCUT2D eigenvalue weighted by molar-refractivity contribution is 6.13. The molecule has 1 aliphatic rings. The highest BCUT2D eigenvalue weighted by Crippen LogP contribution is 2.55. The standard InChI is InChI=1S/C63H49NO/c1-62(2,3)56-39-52(40-19-7-6-8-20-40)60(50-28-12-11-25-47(50)56)64(44-34-35-55-53(38-44)48-26-13-15-31-54(48)63(55,4)5)57-36-33-41-21-9-10-24-45(41)59(57)43-23-17-22-42(37-43)46-29-18-30-51-49-27-14-16-32-58(49)65-61(46)51/h6-39H,1-5H3. The second kappa shape index (κ2) is 14.7. The third kappa shape index (κ3) is 6.15. The number of nitrogens with zero attached hydrogens (tertiary/aromatic N) is 1. The van der Waals surface area contributed by atoms with Crippen LogP contribution in [0.2, 0.25) is 0 Å². The third-order valence-electron chi connectivity index (χ3n) is 14.0. The molecule has 0 unspecified atom stereocenters. The minimum atomic E-state index is -0.122. The third-order valence-corrected chi connectivity index (χ3v) is 14.0. The number of benzene rings is 10. The Hall–Kier alpha value is -7.68. The van der Waals surface area contributed by atoms with Gasteiger partial charge in [0.05, 0.1) is 11.4 Å². The van der Waals surface area contributed by atoms with Crippen molar-refractivity contribution >= 4 is 60.5 Å². The Bertz CT molecular complexity index is 3680. The molecule has 2 nitrogen and oxygen atoms in total. The summed E-state index contributed by atoms with van der Waals surface area (Å²) in [5.74, 6) is 0. The van der Waals surface area contributed by atoms with E-state index < -0.39 is 0 Å². The molecule has 11 aromatic rings. The van der Waals surface area contributed by atoms with Gasteiger partial charge in [0.2, 0.25) is 0 Å². The molecule has 0 saturated carbocycles. The number of furan rings is 1. The Balaban J connectivity index is 1.19. The van der Waals surface area contributed by atoms with Crippen LogP contribution in [-0.2, 0) is 10.8 Å². The fraction of sp³-hybridized carbons (Fsp3) is 0.111. The maximum Gasteiger partial charge on any atom is 0.143 e.